The van der Waals surface area contributed by atoms with Crippen LogP contribution in [0.3, 0.4) is 0 Å². The van der Waals surface area contributed by atoms with Gasteiger partial charge in [-0.15, -0.1) is 26.3 Å². The number of piperidine rings is 1. The number of hydrogen-bond donors (Lipinski definition) is 1. The lowest BCUT2D eigenvalue weighted by Crippen LogP contribution is -2.44. The second-order valence-electron chi connectivity index (χ2n) is 10.6. The molecule has 232 valence electrons. The SMILES string of the molecule is CC(C)OC(=O)c1ccc(CN2CCC(C(O)(c3ccc(OC(F)(F)F)cc3)c3ccc(OC(F)(F)F)cc3)CC2)cc1. The number of carbonyl (C=O) groups excluding carboxylic acids is 1. The number of nitrogens with zero attached hydrogens (tertiary/aromatic N) is 1. The zero-order valence-electron chi connectivity index (χ0n) is 23.4. The normalized spacial score (nSPS) is 15.4. The van der Waals surface area contributed by atoms with Crippen molar-refractivity contribution in [1.29, 1.82) is 0 Å². The van der Waals surface area contributed by atoms with Gasteiger partial charge in [-0.1, -0.05) is 36.4 Å². The van der Waals surface area contributed by atoms with E-state index in [1.54, 1.807) is 26.0 Å². The van der Waals surface area contributed by atoms with Crippen LogP contribution in [0.4, 0.5) is 26.3 Å². The molecular weight excluding hydrogens is 580 g/mol. The van der Waals surface area contributed by atoms with E-state index in [1.165, 1.54) is 24.3 Å². The van der Waals surface area contributed by atoms with Crippen molar-refractivity contribution in [3.8, 4) is 11.5 Å². The molecule has 0 unspecified atom stereocenters. The van der Waals surface area contributed by atoms with Crippen LogP contribution < -0.4 is 9.47 Å². The van der Waals surface area contributed by atoms with E-state index < -0.39 is 41.7 Å². The zero-order valence-corrected chi connectivity index (χ0v) is 23.4. The predicted octanol–water partition coefficient (Wildman–Crippen LogP) is 7.20. The number of likely N-dealkylation sites (tertiary alicyclic amines) is 1. The third-order valence-corrected chi connectivity index (χ3v) is 7.17. The maximum Gasteiger partial charge on any atom is 0.573 e. The van der Waals surface area contributed by atoms with Gasteiger partial charge in [0, 0.05) is 6.54 Å². The maximum absolute atomic E-state index is 12.7. The van der Waals surface area contributed by atoms with E-state index in [4.69, 9.17) is 4.74 Å². The van der Waals surface area contributed by atoms with Gasteiger partial charge in [0.25, 0.3) is 0 Å². The summed E-state index contributed by atoms with van der Waals surface area (Å²) >= 11 is 0. The fraction of sp³-hybridized carbons (Fsp3) is 0.387. The molecule has 1 saturated heterocycles. The number of hydrogen-bond acceptors (Lipinski definition) is 6. The smallest absolute Gasteiger partial charge is 0.459 e. The lowest BCUT2D eigenvalue weighted by atomic mass is 9.72. The van der Waals surface area contributed by atoms with Gasteiger partial charge in [-0.25, -0.2) is 4.79 Å². The van der Waals surface area contributed by atoms with E-state index in [0.717, 1.165) is 29.8 Å². The van der Waals surface area contributed by atoms with E-state index >= 15 is 0 Å². The van der Waals surface area contributed by atoms with Gasteiger partial charge in [0.15, 0.2) is 0 Å². The van der Waals surface area contributed by atoms with Crippen LogP contribution in [0, 0.1) is 5.92 Å². The number of esters is 1. The van der Waals surface area contributed by atoms with Gasteiger partial charge in [0.2, 0.25) is 0 Å². The number of alkyl halides is 6. The van der Waals surface area contributed by atoms with Crippen molar-refractivity contribution in [3.63, 3.8) is 0 Å². The molecule has 12 heteroatoms. The number of carbonyl (C=O) groups is 1. The van der Waals surface area contributed by atoms with Crippen molar-refractivity contribution in [1.82, 2.24) is 4.90 Å². The van der Waals surface area contributed by atoms with Crippen molar-refractivity contribution in [2.75, 3.05) is 13.1 Å². The van der Waals surface area contributed by atoms with Crippen LogP contribution in [0.2, 0.25) is 0 Å². The molecular formula is C31H31F6NO5. The highest BCUT2D eigenvalue weighted by atomic mass is 19.4. The minimum Gasteiger partial charge on any atom is -0.459 e. The molecule has 0 amide bonds. The van der Waals surface area contributed by atoms with Crippen molar-refractivity contribution < 1.29 is 50.5 Å². The van der Waals surface area contributed by atoms with Gasteiger partial charge in [-0.2, -0.15) is 0 Å². The van der Waals surface area contributed by atoms with Gasteiger partial charge in [0.05, 0.1) is 11.7 Å². The quantitative estimate of drug-likeness (QED) is 0.204. The molecule has 0 aromatic heterocycles. The molecule has 4 rings (SSSR count). The first-order valence-electron chi connectivity index (χ1n) is 13.6. The number of aliphatic hydroxyl groups is 1. The molecule has 6 nitrogen and oxygen atoms in total. The molecule has 0 radical (unpaired) electrons. The molecule has 3 aromatic rings. The second kappa shape index (κ2) is 12.8. The van der Waals surface area contributed by atoms with E-state index in [2.05, 4.69) is 14.4 Å². The van der Waals surface area contributed by atoms with Crippen LogP contribution in [-0.4, -0.2) is 47.9 Å². The fourth-order valence-corrected chi connectivity index (χ4v) is 5.25. The monoisotopic (exact) mass is 611 g/mol. The average Bonchev–Trinajstić information content (AvgIpc) is 2.92. The summed E-state index contributed by atoms with van der Waals surface area (Å²) in [5.74, 6) is -1.75. The lowest BCUT2D eigenvalue weighted by Gasteiger charge is -2.42. The Bertz CT molecular complexity index is 1290. The van der Waals surface area contributed by atoms with Crippen molar-refractivity contribution in [2.24, 2.45) is 5.92 Å². The van der Waals surface area contributed by atoms with Crippen molar-refractivity contribution >= 4 is 5.97 Å². The number of benzene rings is 3. The third kappa shape index (κ3) is 8.64. The standard InChI is InChI=1S/C31H31F6NO5/c1-20(2)41-28(39)22-5-3-21(4-6-22)19-38-17-15-25(16-18-38)29(40,23-7-11-26(12-8-23)42-30(32,33)34)24-9-13-27(14-10-24)43-31(35,36)37/h3-14,20,25,40H,15-19H2,1-2H3. The van der Waals surface area contributed by atoms with Gasteiger partial charge >= 0.3 is 18.7 Å². The lowest BCUT2D eigenvalue weighted by molar-refractivity contribution is -0.275. The largest absolute Gasteiger partial charge is 0.573 e. The molecule has 0 atom stereocenters. The summed E-state index contributed by atoms with van der Waals surface area (Å²) in [5.41, 5.74) is 0.232. The van der Waals surface area contributed by atoms with Gasteiger partial charge in [-0.05, 0) is 98.8 Å². The van der Waals surface area contributed by atoms with Crippen molar-refractivity contribution in [3.05, 3.63) is 95.1 Å². The van der Waals surface area contributed by atoms with Gasteiger partial charge in [0.1, 0.15) is 17.1 Å². The molecule has 0 aliphatic carbocycles. The number of halogens is 6. The summed E-state index contributed by atoms with van der Waals surface area (Å²) in [5, 5.41) is 12.2. The summed E-state index contributed by atoms with van der Waals surface area (Å²) in [6.07, 6.45) is -9.05. The summed E-state index contributed by atoms with van der Waals surface area (Å²) in [7, 11) is 0. The van der Waals surface area contributed by atoms with Crippen LogP contribution in [-0.2, 0) is 16.9 Å². The highest BCUT2D eigenvalue weighted by Gasteiger charge is 2.42. The van der Waals surface area contributed by atoms with Crippen LogP contribution in [0.1, 0.15) is 53.7 Å². The predicted molar refractivity (Wildman–Crippen MR) is 144 cm³/mol. The first kappa shape index (κ1) is 32.2. The molecule has 43 heavy (non-hydrogen) atoms. The van der Waals surface area contributed by atoms with E-state index in [9.17, 15) is 36.2 Å². The Morgan fingerprint density at radius 1 is 0.791 bits per heavy atom. The molecule has 1 N–H and O–H groups in total. The zero-order chi connectivity index (χ0) is 31.4. The highest BCUT2D eigenvalue weighted by Crippen LogP contribution is 2.43. The minimum atomic E-state index is -4.89. The summed E-state index contributed by atoms with van der Waals surface area (Å²) < 4.78 is 89.3. The number of ether oxygens (including phenoxy) is 3. The third-order valence-electron chi connectivity index (χ3n) is 7.17. The van der Waals surface area contributed by atoms with Crippen LogP contribution in [0.15, 0.2) is 72.8 Å². The maximum atomic E-state index is 12.7. The van der Waals surface area contributed by atoms with Gasteiger partial charge in [-0.3, -0.25) is 4.90 Å². The first-order valence-corrected chi connectivity index (χ1v) is 13.6. The highest BCUT2D eigenvalue weighted by molar-refractivity contribution is 5.89. The van der Waals surface area contributed by atoms with Crippen LogP contribution >= 0.6 is 0 Å². The molecule has 3 aromatic carbocycles. The Balaban J connectivity index is 1.52. The first-order chi connectivity index (χ1) is 20.1. The molecule has 0 saturated carbocycles. The average molecular weight is 612 g/mol. The summed E-state index contributed by atoms with van der Waals surface area (Å²) in [6, 6.07) is 16.7. The Hall–Kier alpha value is -3.77. The molecule has 1 fully saturated rings. The molecule has 1 aliphatic rings. The van der Waals surface area contributed by atoms with E-state index in [1.807, 2.05) is 12.1 Å². The Morgan fingerprint density at radius 2 is 1.23 bits per heavy atom. The molecule has 0 spiro atoms. The molecule has 0 bridgehead atoms. The summed E-state index contributed by atoms with van der Waals surface area (Å²) in [6.45, 7) is 5.25. The topological polar surface area (TPSA) is 68.2 Å². The number of rotatable bonds is 9. The van der Waals surface area contributed by atoms with Crippen molar-refractivity contribution in [2.45, 2.75) is 57.7 Å². The van der Waals surface area contributed by atoms with Gasteiger partial charge < -0.3 is 19.3 Å². The Kier molecular flexibility index (Phi) is 9.60. The minimum absolute atomic E-state index is 0.232. The summed E-state index contributed by atoms with van der Waals surface area (Å²) in [4.78, 5) is 14.3. The Morgan fingerprint density at radius 3 is 1.63 bits per heavy atom. The molecule has 1 aliphatic heterocycles. The van der Waals surface area contributed by atoms with E-state index in [-0.39, 0.29) is 17.2 Å². The second-order valence-corrected chi connectivity index (χ2v) is 10.6. The van der Waals surface area contributed by atoms with Crippen LogP contribution in [0.25, 0.3) is 0 Å². The van der Waals surface area contributed by atoms with Crippen LogP contribution in [0.5, 0.6) is 11.5 Å². The van der Waals surface area contributed by atoms with E-state index in [0.29, 0.717) is 38.0 Å². The molecule has 1 heterocycles. The fourth-order valence-electron chi connectivity index (χ4n) is 5.25. The Labute approximate surface area is 244 Å².